The molecular formula is C17H25CuN7O2S2. The molecule has 29 heavy (non-hydrogen) atoms. The van der Waals surface area contributed by atoms with Gasteiger partial charge in [-0.1, -0.05) is 0 Å². The van der Waals surface area contributed by atoms with Gasteiger partial charge in [-0.3, -0.25) is 25.7 Å². The van der Waals surface area contributed by atoms with Crippen LogP contribution in [0.2, 0.25) is 0 Å². The van der Waals surface area contributed by atoms with Gasteiger partial charge in [0.15, 0.2) is 5.76 Å². The predicted octanol–water partition coefficient (Wildman–Crippen LogP) is 0.476. The molecule has 2 heterocycles. The minimum atomic E-state index is 0. The molecule has 1 aliphatic heterocycles. The van der Waals surface area contributed by atoms with Crippen molar-refractivity contribution < 1.29 is 26.2 Å². The summed E-state index contributed by atoms with van der Waals surface area (Å²) in [5.74, 6) is 1.46. The van der Waals surface area contributed by atoms with E-state index in [1.807, 2.05) is 12.1 Å². The van der Waals surface area contributed by atoms with Crippen molar-refractivity contribution in [3.63, 3.8) is 0 Å². The third kappa shape index (κ3) is 9.66. The number of morpholine rings is 1. The maximum atomic E-state index is 5.92. The Hall–Kier alpha value is -1.56. The van der Waals surface area contributed by atoms with E-state index in [0.717, 1.165) is 51.4 Å². The third-order valence-corrected chi connectivity index (χ3v) is 4.49. The molecule has 2 rings (SSSR count). The van der Waals surface area contributed by atoms with Crippen molar-refractivity contribution in [3.05, 3.63) is 23.7 Å². The van der Waals surface area contributed by atoms with Gasteiger partial charge in [0, 0.05) is 33.6 Å². The van der Waals surface area contributed by atoms with E-state index in [9.17, 15) is 0 Å². The summed E-state index contributed by atoms with van der Waals surface area (Å²) in [5.41, 5.74) is 5.76. The number of nitrogens with one attached hydrogen (secondary N) is 2. The van der Waals surface area contributed by atoms with Gasteiger partial charge >= 0.3 is 17.1 Å². The summed E-state index contributed by atoms with van der Waals surface area (Å²) in [6.45, 7) is 4.63. The van der Waals surface area contributed by atoms with Gasteiger partial charge in [-0.2, -0.15) is 10.2 Å². The number of nitrogens with zero attached hydrogens (tertiary/aromatic N) is 5. The number of hydrazone groups is 2. The second-order valence-corrected chi connectivity index (χ2v) is 6.63. The van der Waals surface area contributed by atoms with E-state index in [-0.39, 0.29) is 27.4 Å². The monoisotopic (exact) mass is 486 g/mol. The number of ether oxygens (including phenoxy) is 1. The van der Waals surface area contributed by atoms with E-state index >= 15 is 0 Å². The number of hydrogen-bond donors (Lipinski definition) is 2. The van der Waals surface area contributed by atoms with Crippen molar-refractivity contribution in [2.45, 2.75) is 12.8 Å². The molecule has 0 amide bonds. The van der Waals surface area contributed by atoms with Gasteiger partial charge in [-0.05, 0) is 35.4 Å². The van der Waals surface area contributed by atoms with Gasteiger partial charge in [0.2, 0.25) is 0 Å². The molecule has 0 spiro atoms. The predicted molar refractivity (Wildman–Crippen MR) is 117 cm³/mol. The third-order valence-electron chi connectivity index (χ3n) is 3.94. The summed E-state index contributed by atoms with van der Waals surface area (Å²) in [5, 5.41) is 8.76. The zero-order valence-electron chi connectivity index (χ0n) is 16.4. The van der Waals surface area contributed by atoms with Crippen molar-refractivity contribution in [2.75, 3.05) is 46.9 Å². The van der Waals surface area contributed by atoms with E-state index in [4.69, 9.17) is 34.4 Å². The average molecular weight is 487 g/mol. The molecule has 1 aromatic heterocycles. The molecule has 0 aromatic carbocycles. The first-order valence-electron chi connectivity index (χ1n) is 8.92. The standard InChI is InChI=1S/C17H27N7O2S2.Cu/c1-18-16(27)22-20-12-14(21-23-17(28)19-2)15-6-5-13(26-15)4-3-7-24-8-10-25-11-9-24;/h5-6,12H,3-4,7-11H2,1-2H3,(H2,18,22,27)(H2,19,23,28);/q;+2/p-2/b20-12+,21-14-;. The minimum absolute atomic E-state index is 0. The maximum Gasteiger partial charge on any atom is 2.00 e. The van der Waals surface area contributed by atoms with Gasteiger partial charge in [0.05, 0.1) is 19.4 Å². The van der Waals surface area contributed by atoms with Crippen molar-refractivity contribution in [3.8, 4) is 0 Å². The SMILES string of the molecule is CN=C([S-])N/N=C(/C=N/NC([S-])=NC)c1ccc(CCCN2CCOCC2)o1.[Cu+2]. The fraction of sp³-hybridized carbons (Fsp3) is 0.529. The van der Waals surface area contributed by atoms with Crippen molar-refractivity contribution in [2.24, 2.45) is 20.2 Å². The fourth-order valence-electron chi connectivity index (χ4n) is 2.46. The average Bonchev–Trinajstić information content (AvgIpc) is 3.19. The number of aliphatic imine (C=N–C) groups is 2. The molecule has 2 N–H and O–H groups in total. The number of hydrogen-bond acceptors (Lipinski definition) is 9. The second kappa shape index (κ2) is 14.4. The van der Waals surface area contributed by atoms with Crippen molar-refractivity contribution in [1.82, 2.24) is 15.8 Å². The van der Waals surface area contributed by atoms with Crippen molar-refractivity contribution in [1.29, 1.82) is 0 Å². The smallest absolute Gasteiger partial charge is 0.741 e. The summed E-state index contributed by atoms with van der Waals surface area (Å²) in [6, 6.07) is 3.80. The molecule has 9 nitrogen and oxygen atoms in total. The summed E-state index contributed by atoms with van der Waals surface area (Å²) in [6.07, 6.45) is 3.34. The van der Waals surface area contributed by atoms with Crippen LogP contribution in [-0.4, -0.2) is 74.1 Å². The first-order chi connectivity index (χ1) is 13.6. The molecule has 12 heteroatoms. The largest absolute Gasteiger partial charge is 2.00 e. The molecule has 1 fully saturated rings. The van der Waals surface area contributed by atoms with E-state index in [1.165, 1.54) is 6.21 Å². The van der Waals surface area contributed by atoms with Crippen LogP contribution >= 0.6 is 0 Å². The van der Waals surface area contributed by atoms with Gasteiger partial charge in [-0.15, -0.1) is 0 Å². The number of rotatable bonds is 8. The first kappa shape index (κ1) is 25.5. The first-order valence-corrected chi connectivity index (χ1v) is 9.73. The molecule has 1 radical (unpaired) electrons. The van der Waals surface area contributed by atoms with Gasteiger partial charge < -0.3 is 34.4 Å². The molecular weight excluding hydrogens is 462 g/mol. The van der Waals surface area contributed by atoms with E-state index in [1.54, 1.807) is 14.1 Å². The van der Waals surface area contributed by atoms with Crippen LogP contribution in [0.5, 0.6) is 0 Å². The summed E-state index contributed by atoms with van der Waals surface area (Å²) >= 11 is 9.93. The topological polar surface area (TPSA) is 99.1 Å². The van der Waals surface area contributed by atoms with Crippen LogP contribution in [0.3, 0.4) is 0 Å². The van der Waals surface area contributed by atoms with E-state index in [0.29, 0.717) is 11.5 Å². The Balaban J connectivity index is 0.00000420. The van der Waals surface area contributed by atoms with Crippen LogP contribution < -0.4 is 10.9 Å². The molecule has 1 aliphatic rings. The van der Waals surface area contributed by atoms with E-state index in [2.05, 4.69) is 35.9 Å². The Morgan fingerprint density at radius 2 is 1.83 bits per heavy atom. The fourth-order valence-corrected chi connectivity index (χ4v) is 2.55. The number of amidine groups is 2. The Morgan fingerprint density at radius 3 is 2.52 bits per heavy atom. The number of furan rings is 1. The van der Waals surface area contributed by atoms with Gasteiger partial charge in [0.25, 0.3) is 0 Å². The second-order valence-electron chi connectivity index (χ2n) is 5.86. The zero-order chi connectivity index (χ0) is 20.2. The quantitative estimate of drug-likeness (QED) is 0.181. The minimum Gasteiger partial charge on any atom is -0.741 e. The van der Waals surface area contributed by atoms with E-state index < -0.39 is 0 Å². The maximum absolute atomic E-state index is 5.92. The summed E-state index contributed by atoms with van der Waals surface area (Å²) in [7, 11) is 3.17. The molecule has 0 unspecified atom stereocenters. The van der Waals surface area contributed by atoms with Crippen LogP contribution in [-0.2, 0) is 53.5 Å². The normalized spacial score (nSPS) is 16.7. The molecule has 0 atom stereocenters. The Bertz CT molecular complexity index is 731. The van der Waals surface area contributed by atoms with Gasteiger partial charge in [-0.25, -0.2) is 0 Å². The molecule has 0 aliphatic carbocycles. The van der Waals surface area contributed by atoms with Crippen LogP contribution in [0.15, 0.2) is 36.7 Å². The summed E-state index contributed by atoms with van der Waals surface area (Å²) in [4.78, 5) is 10.0. The van der Waals surface area contributed by atoms with Crippen LogP contribution in [0.1, 0.15) is 17.9 Å². The Labute approximate surface area is 192 Å². The molecule has 0 saturated carbocycles. The zero-order valence-corrected chi connectivity index (χ0v) is 18.9. The summed E-state index contributed by atoms with van der Waals surface area (Å²) < 4.78 is 11.3. The Morgan fingerprint density at radius 1 is 1.14 bits per heavy atom. The van der Waals surface area contributed by atoms with Crippen LogP contribution in [0, 0.1) is 0 Å². The van der Waals surface area contributed by atoms with Gasteiger partial charge in [0.1, 0.15) is 11.5 Å². The molecule has 1 aromatic rings. The molecule has 1 saturated heterocycles. The van der Waals surface area contributed by atoms with Crippen LogP contribution in [0.4, 0.5) is 0 Å². The number of aryl methyl sites for hydroxylation is 1. The Kier molecular flexibility index (Phi) is 12.7. The van der Waals surface area contributed by atoms with Crippen molar-refractivity contribution >= 4 is 47.5 Å². The molecule has 163 valence electrons. The molecule has 0 bridgehead atoms. The van der Waals surface area contributed by atoms with Crippen LogP contribution in [0.25, 0.3) is 0 Å².